The first-order valence-corrected chi connectivity index (χ1v) is 6.93. The van der Waals surface area contributed by atoms with Crippen LogP contribution in [0.25, 0.3) is 0 Å². The molecule has 1 N–H and O–H groups in total. The van der Waals surface area contributed by atoms with E-state index in [0.717, 1.165) is 26.2 Å². The molecule has 2 unspecified atom stereocenters. The summed E-state index contributed by atoms with van der Waals surface area (Å²) in [6.45, 7) is 8.45. The zero-order valence-electron chi connectivity index (χ0n) is 11.4. The van der Waals surface area contributed by atoms with E-state index in [1.165, 1.54) is 6.42 Å². The van der Waals surface area contributed by atoms with Gasteiger partial charge in [-0.15, -0.1) is 0 Å². The van der Waals surface area contributed by atoms with Crippen molar-refractivity contribution in [3.8, 4) is 0 Å². The summed E-state index contributed by atoms with van der Waals surface area (Å²) in [5, 5.41) is 3.36. The second-order valence-corrected chi connectivity index (χ2v) is 5.36. The summed E-state index contributed by atoms with van der Waals surface area (Å²) < 4.78 is 36.0. The maximum Gasteiger partial charge on any atom is 0.389 e. The van der Waals surface area contributed by atoms with Gasteiger partial charge < -0.3 is 10.2 Å². The lowest BCUT2D eigenvalue weighted by molar-refractivity contribution is -0.135. The maximum absolute atomic E-state index is 12.0. The molecule has 5 heteroatoms. The molecule has 1 aliphatic rings. The molecule has 2 nitrogen and oxygen atoms in total. The molecular formula is C13H25F3N2. The monoisotopic (exact) mass is 266 g/mol. The first-order chi connectivity index (χ1) is 8.40. The van der Waals surface area contributed by atoms with E-state index in [9.17, 15) is 13.2 Å². The topological polar surface area (TPSA) is 15.3 Å². The third-order valence-corrected chi connectivity index (χ3v) is 3.67. The zero-order chi connectivity index (χ0) is 13.6. The van der Waals surface area contributed by atoms with Crippen LogP contribution in [0.15, 0.2) is 0 Å². The van der Waals surface area contributed by atoms with E-state index < -0.39 is 12.6 Å². The molecule has 0 aromatic heterocycles. The second kappa shape index (κ2) is 7.34. The molecule has 108 valence electrons. The Hall–Kier alpha value is -0.290. The number of alkyl halides is 3. The Morgan fingerprint density at radius 2 is 2.11 bits per heavy atom. The molecule has 0 bridgehead atoms. The highest BCUT2D eigenvalue weighted by molar-refractivity contribution is 4.77. The van der Waals surface area contributed by atoms with Crippen molar-refractivity contribution < 1.29 is 13.2 Å². The summed E-state index contributed by atoms with van der Waals surface area (Å²) in [5.41, 5.74) is 0. The molecule has 1 aliphatic heterocycles. The van der Waals surface area contributed by atoms with Crippen LogP contribution in [-0.2, 0) is 0 Å². The molecule has 2 atom stereocenters. The Labute approximate surface area is 108 Å². The number of halogens is 3. The molecule has 1 rings (SSSR count). The van der Waals surface area contributed by atoms with Gasteiger partial charge in [-0.05, 0) is 51.7 Å². The Kier molecular flexibility index (Phi) is 6.43. The Morgan fingerprint density at radius 3 is 2.67 bits per heavy atom. The standard InChI is InChI=1S/C13H25F3N2/c1-3-18-8-6-12(10-18)9-17-11(2)5-4-7-13(14,15)16/h11-12,17H,3-10H2,1-2H3. The third-order valence-electron chi connectivity index (χ3n) is 3.67. The smallest absolute Gasteiger partial charge is 0.314 e. The lowest BCUT2D eigenvalue weighted by atomic mass is 10.1. The highest BCUT2D eigenvalue weighted by Gasteiger charge is 2.26. The predicted molar refractivity (Wildman–Crippen MR) is 67.6 cm³/mol. The quantitative estimate of drug-likeness (QED) is 0.762. The van der Waals surface area contributed by atoms with Crippen LogP contribution in [0.3, 0.4) is 0 Å². The Balaban J connectivity index is 2.05. The predicted octanol–water partition coefficient (Wildman–Crippen LogP) is 3.04. The molecule has 0 aliphatic carbocycles. The van der Waals surface area contributed by atoms with Crippen LogP contribution in [-0.4, -0.2) is 43.3 Å². The van der Waals surface area contributed by atoms with Crippen molar-refractivity contribution in [3.05, 3.63) is 0 Å². The van der Waals surface area contributed by atoms with Crippen molar-refractivity contribution in [1.82, 2.24) is 10.2 Å². The fourth-order valence-electron chi connectivity index (χ4n) is 2.45. The SMILES string of the molecule is CCN1CCC(CNC(C)CCCC(F)(F)F)C1. The molecule has 0 amide bonds. The highest BCUT2D eigenvalue weighted by atomic mass is 19.4. The minimum atomic E-state index is -4.01. The van der Waals surface area contributed by atoms with Crippen molar-refractivity contribution in [1.29, 1.82) is 0 Å². The van der Waals surface area contributed by atoms with Gasteiger partial charge in [0, 0.05) is 19.0 Å². The summed E-state index contributed by atoms with van der Waals surface area (Å²) in [5.74, 6) is 0.662. The lowest BCUT2D eigenvalue weighted by Gasteiger charge is -2.18. The zero-order valence-corrected chi connectivity index (χ0v) is 11.4. The van der Waals surface area contributed by atoms with E-state index in [0.29, 0.717) is 12.3 Å². The van der Waals surface area contributed by atoms with Crippen molar-refractivity contribution in [3.63, 3.8) is 0 Å². The number of rotatable bonds is 7. The van der Waals surface area contributed by atoms with Gasteiger partial charge in [0.15, 0.2) is 0 Å². The summed E-state index contributed by atoms with van der Waals surface area (Å²) >= 11 is 0. The van der Waals surface area contributed by atoms with Gasteiger partial charge >= 0.3 is 6.18 Å². The van der Waals surface area contributed by atoms with Crippen LogP contribution in [0.1, 0.15) is 39.5 Å². The van der Waals surface area contributed by atoms with Gasteiger partial charge in [0.2, 0.25) is 0 Å². The van der Waals surface area contributed by atoms with Crippen LogP contribution in [0.5, 0.6) is 0 Å². The van der Waals surface area contributed by atoms with E-state index in [1.807, 2.05) is 6.92 Å². The van der Waals surface area contributed by atoms with Crippen LogP contribution >= 0.6 is 0 Å². The van der Waals surface area contributed by atoms with Gasteiger partial charge in [0.05, 0.1) is 0 Å². The van der Waals surface area contributed by atoms with Gasteiger partial charge in [-0.2, -0.15) is 13.2 Å². The van der Waals surface area contributed by atoms with E-state index in [1.54, 1.807) is 0 Å². The van der Waals surface area contributed by atoms with Crippen LogP contribution in [0.2, 0.25) is 0 Å². The average Bonchev–Trinajstić information content (AvgIpc) is 2.72. The van der Waals surface area contributed by atoms with Gasteiger partial charge in [-0.25, -0.2) is 0 Å². The van der Waals surface area contributed by atoms with Crippen molar-refractivity contribution >= 4 is 0 Å². The maximum atomic E-state index is 12.0. The summed E-state index contributed by atoms with van der Waals surface area (Å²) in [7, 11) is 0. The number of nitrogens with one attached hydrogen (secondary N) is 1. The Bertz CT molecular complexity index is 231. The lowest BCUT2D eigenvalue weighted by Crippen LogP contribution is -2.32. The molecule has 0 aromatic carbocycles. The summed E-state index contributed by atoms with van der Waals surface area (Å²) in [4.78, 5) is 2.42. The molecule has 18 heavy (non-hydrogen) atoms. The van der Waals surface area contributed by atoms with Crippen LogP contribution in [0, 0.1) is 5.92 Å². The van der Waals surface area contributed by atoms with E-state index >= 15 is 0 Å². The Morgan fingerprint density at radius 1 is 1.39 bits per heavy atom. The number of likely N-dealkylation sites (tertiary alicyclic amines) is 1. The van der Waals surface area contributed by atoms with Gasteiger partial charge in [0.1, 0.15) is 0 Å². The van der Waals surface area contributed by atoms with Crippen LogP contribution in [0.4, 0.5) is 13.2 Å². The second-order valence-electron chi connectivity index (χ2n) is 5.36. The van der Waals surface area contributed by atoms with Crippen LogP contribution < -0.4 is 5.32 Å². The molecule has 0 radical (unpaired) electrons. The van der Waals surface area contributed by atoms with E-state index in [2.05, 4.69) is 17.1 Å². The van der Waals surface area contributed by atoms with Crippen molar-refractivity contribution in [2.24, 2.45) is 5.92 Å². The van der Waals surface area contributed by atoms with Gasteiger partial charge in [-0.3, -0.25) is 0 Å². The number of nitrogens with zero attached hydrogens (tertiary/aromatic N) is 1. The van der Waals surface area contributed by atoms with Crippen molar-refractivity contribution in [2.75, 3.05) is 26.2 Å². The highest BCUT2D eigenvalue weighted by Crippen LogP contribution is 2.22. The van der Waals surface area contributed by atoms with Gasteiger partial charge in [-0.1, -0.05) is 6.92 Å². The van der Waals surface area contributed by atoms with Crippen molar-refractivity contribution in [2.45, 2.75) is 51.7 Å². The summed E-state index contributed by atoms with van der Waals surface area (Å²) in [6.07, 6.45) is -2.64. The first-order valence-electron chi connectivity index (χ1n) is 6.93. The third kappa shape index (κ3) is 6.59. The molecule has 0 aromatic rings. The molecule has 0 saturated carbocycles. The minimum absolute atomic E-state index is 0.183. The van der Waals surface area contributed by atoms with E-state index in [4.69, 9.17) is 0 Å². The molecule has 1 heterocycles. The fourth-order valence-corrected chi connectivity index (χ4v) is 2.45. The molecule has 0 spiro atoms. The normalized spacial score (nSPS) is 23.5. The minimum Gasteiger partial charge on any atom is -0.314 e. The number of hydrogen-bond donors (Lipinski definition) is 1. The van der Waals surface area contributed by atoms with E-state index in [-0.39, 0.29) is 12.5 Å². The molecule has 1 fully saturated rings. The first kappa shape index (κ1) is 15.8. The largest absolute Gasteiger partial charge is 0.389 e. The molecule has 1 saturated heterocycles. The number of hydrogen-bond acceptors (Lipinski definition) is 2. The average molecular weight is 266 g/mol. The van der Waals surface area contributed by atoms with Gasteiger partial charge in [0.25, 0.3) is 0 Å². The fraction of sp³-hybridized carbons (Fsp3) is 1.00. The molecular weight excluding hydrogens is 241 g/mol. The summed E-state index contributed by atoms with van der Waals surface area (Å²) in [6, 6.07) is 0.183.